The lowest BCUT2D eigenvalue weighted by molar-refractivity contribution is 0.414. The van der Waals surface area contributed by atoms with Crippen LogP contribution in [0.15, 0.2) is 27.5 Å². The van der Waals surface area contributed by atoms with Crippen LogP contribution in [-0.2, 0) is 9.73 Å². The number of nitrogens with zero attached hydrogens (tertiary/aromatic N) is 1. The molecule has 1 rings (SSSR count). The maximum absolute atomic E-state index is 12.4. The summed E-state index contributed by atoms with van der Waals surface area (Å²) in [5.41, 5.74) is 4.14. The van der Waals surface area contributed by atoms with Crippen molar-refractivity contribution in [2.24, 2.45) is 4.36 Å². The van der Waals surface area contributed by atoms with E-state index in [1.54, 1.807) is 26.5 Å². The number of rotatable bonds is 4. The van der Waals surface area contributed by atoms with E-state index in [0.717, 1.165) is 5.69 Å². The Morgan fingerprint density at radius 1 is 1.33 bits per heavy atom. The molecule has 0 fully saturated rings. The standard InChI is InChI=1S/C15H24N2O2SSi/c1-16-20(3,18)15-11-13(10-14(12-15)19-2)17-8-7-9-21(4,5)6/h10-12,17H,8H2,1-6H3. The molecule has 1 unspecified atom stereocenters. The van der Waals surface area contributed by atoms with Gasteiger partial charge in [0.15, 0.2) is 0 Å². The van der Waals surface area contributed by atoms with Crippen LogP contribution in [0.5, 0.6) is 5.75 Å². The molecule has 0 aliphatic rings. The third-order valence-electron chi connectivity index (χ3n) is 2.75. The number of hydrogen-bond donors (Lipinski definition) is 1. The van der Waals surface area contributed by atoms with Crippen LogP contribution in [0.1, 0.15) is 0 Å². The highest BCUT2D eigenvalue weighted by molar-refractivity contribution is 7.93. The van der Waals surface area contributed by atoms with Gasteiger partial charge in [-0.05, 0) is 12.1 Å². The van der Waals surface area contributed by atoms with Gasteiger partial charge in [-0.25, -0.2) is 8.57 Å². The zero-order chi connectivity index (χ0) is 16.1. The summed E-state index contributed by atoms with van der Waals surface area (Å²) < 4.78 is 21.6. The maximum atomic E-state index is 12.4. The summed E-state index contributed by atoms with van der Waals surface area (Å²) in [6, 6.07) is 5.47. The molecule has 116 valence electrons. The van der Waals surface area contributed by atoms with Gasteiger partial charge >= 0.3 is 0 Å². The van der Waals surface area contributed by atoms with Gasteiger partial charge in [0.2, 0.25) is 0 Å². The highest BCUT2D eigenvalue weighted by atomic mass is 32.2. The van der Waals surface area contributed by atoms with Crippen molar-refractivity contribution in [2.45, 2.75) is 24.5 Å². The summed E-state index contributed by atoms with van der Waals surface area (Å²) >= 11 is 0. The highest BCUT2D eigenvalue weighted by Crippen LogP contribution is 2.24. The molecule has 0 aromatic heterocycles. The number of methoxy groups -OCH3 is 1. The Kier molecular flexibility index (Phi) is 5.87. The lowest BCUT2D eigenvalue weighted by Crippen LogP contribution is -2.17. The normalized spacial score (nSPS) is 13.6. The Bertz CT molecular complexity index is 675. The van der Waals surface area contributed by atoms with Gasteiger partial charge in [0, 0.05) is 25.1 Å². The average Bonchev–Trinajstić information content (AvgIpc) is 2.42. The largest absolute Gasteiger partial charge is 0.497 e. The molecule has 1 aromatic rings. The van der Waals surface area contributed by atoms with Crippen molar-refractivity contribution in [3.05, 3.63) is 18.2 Å². The number of anilines is 1. The molecule has 21 heavy (non-hydrogen) atoms. The predicted octanol–water partition coefficient (Wildman–Crippen LogP) is 3.07. The molecule has 0 heterocycles. The molecule has 0 radical (unpaired) electrons. The number of ether oxygens (including phenoxy) is 1. The first-order valence-corrected chi connectivity index (χ1v) is 12.1. The van der Waals surface area contributed by atoms with E-state index in [-0.39, 0.29) is 0 Å². The van der Waals surface area contributed by atoms with E-state index in [0.29, 0.717) is 17.2 Å². The molecule has 0 saturated heterocycles. The summed E-state index contributed by atoms with van der Waals surface area (Å²) in [4.78, 5) is 0.657. The van der Waals surface area contributed by atoms with Crippen LogP contribution in [0, 0.1) is 11.5 Å². The SMILES string of the molecule is CN=S(C)(=O)c1cc(NCC#C[Si](C)(C)C)cc(OC)c1. The summed E-state index contributed by atoms with van der Waals surface area (Å²) in [7, 11) is -0.572. The second kappa shape index (κ2) is 7.01. The lowest BCUT2D eigenvalue weighted by atomic mass is 10.3. The van der Waals surface area contributed by atoms with Crippen LogP contribution in [0.4, 0.5) is 5.69 Å². The minimum Gasteiger partial charge on any atom is -0.497 e. The number of benzene rings is 1. The maximum Gasteiger partial charge on any atom is 0.129 e. The van der Waals surface area contributed by atoms with E-state index in [9.17, 15) is 4.21 Å². The zero-order valence-corrected chi connectivity index (χ0v) is 15.4. The van der Waals surface area contributed by atoms with Crippen molar-refractivity contribution in [1.82, 2.24) is 0 Å². The van der Waals surface area contributed by atoms with Gasteiger partial charge in [-0.1, -0.05) is 25.6 Å². The Morgan fingerprint density at radius 2 is 2.00 bits per heavy atom. The van der Waals surface area contributed by atoms with Gasteiger partial charge in [-0.15, -0.1) is 5.54 Å². The van der Waals surface area contributed by atoms with Crippen LogP contribution in [0.3, 0.4) is 0 Å². The zero-order valence-electron chi connectivity index (χ0n) is 13.6. The second-order valence-electron chi connectivity index (χ2n) is 5.79. The van der Waals surface area contributed by atoms with E-state index in [1.807, 2.05) is 12.1 Å². The van der Waals surface area contributed by atoms with Crippen molar-refractivity contribution in [3.63, 3.8) is 0 Å². The number of hydrogen-bond acceptors (Lipinski definition) is 4. The fourth-order valence-electron chi connectivity index (χ4n) is 1.57. The quantitative estimate of drug-likeness (QED) is 0.684. The molecule has 0 bridgehead atoms. The molecular weight excluding hydrogens is 300 g/mol. The molecule has 0 saturated carbocycles. The van der Waals surface area contributed by atoms with Crippen LogP contribution < -0.4 is 10.1 Å². The highest BCUT2D eigenvalue weighted by Gasteiger charge is 2.09. The summed E-state index contributed by atoms with van der Waals surface area (Å²) in [6.45, 7) is 7.18. The summed E-state index contributed by atoms with van der Waals surface area (Å²) in [5.74, 6) is 3.81. The first-order chi connectivity index (χ1) is 9.68. The van der Waals surface area contributed by atoms with Crippen molar-refractivity contribution in [2.75, 3.05) is 32.3 Å². The molecule has 0 amide bonds. The van der Waals surface area contributed by atoms with Gasteiger partial charge in [0.25, 0.3) is 0 Å². The molecule has 1 aromatic carbocycles. The van der Waals surface area contributed by atoms with Gasteiger partial charge in [-0.2, -0.15) is 0 Å². The molecule has 0 aliphatic heterocycles. The van der Waals surface area contributed by atoms with E-state index in [4.69, 9.17) is 4.74 Å². The smallest absolute Gasteiger partial charge is 0.129 e. The van der Waals surface area contributed by atoms with E-state index >= 15 is 0 Å². The third-order valence-corrected chi connectivity index (χ3v) is 5.48. The van der Waals surface area contributed by atoms with E-state index in [2.05, 4.69) is 40.8 Å². The molecule has 1 atom stereocenters. The fourth-order valence-corrected chi connectivity index (χ4v) is 3.08. The van der Waals surface area contributed by atoms with E-state index < -0.39 is 17.8 Å². The molecule has 0 aliphatic carbocycles. The molecule has 0 spiro atoms. The van der Waals surface area contributed by atoms with Crippen molar-refractivity contribution < 1.29 is 8.95 Å². The first kappa shape index (κ1) is 17.6. The Balaban J connectivity index is 3.00. The minimum absolute atomic E-state index is 0.561. The van der Waals surface area contributed by atoms with Crippen molar-refractivity contribution >= 4 is 23.5 Å². The van der Waals surface area contributed by atoms with Gasteiger partial charge in [0.1, 0.15) is 13.8 Å². The monoisotopic (exact) mass is 324 g/mol. The van der Waals surface area contributed by atoms with E-state index in [1.165, 1.54) is 0 Å². The molecule has 6 heteroatoms. The van der Waals surface area contributed by atoms with Crippen molar-refractivity contribution in [3.8, 4) is 17.2 Å². The van der Waals surface area contributed by atoms with Crippen LogP contribution in [0.25, 0.3) is 0 Å². The number of nitrogens with one attached hydrogen (secondary N) is 1. The Labute approximate surface area is 129 Å². The van der Waals surface area contributed by atoms with Gasteiger partial charge < -0.3 is 10.1 Å². The van der Waals surface area contributed by atoms with Crippen LogP contribution >= 0.6 is 0 Å². The predicted molar refractivity (Wildman–Crippen MR) is 93.3 cm³/mol. The topological polar surface area (TPSA) is 50.7 Å². The summed E-state index contributed by atoms with van der Waals surface area (Å²) in [6.07, 6.45) is 1.62. The molecule has 4 nitrogen and oxygen atoms in total. The minimum atomic E-state index is -2.38. The molecule has 1 N–H and O–H groups in total. The lowest BCUT2D eigenvalue weighted by Gasteiger charge is -2.11. The Morgan fingerprint density at radius 3 is 2.52 bits per heavy atom. The van der Waals surface area contributed by atoms with Gasteiger partial charge in [-0.3, -0.25) is 0 Å². The van der Waals surface area contributed by atoms with Crippen LogP contribution in [-0.4, -0.2) is 39.2 Å². The second-order valence-corrected chi connectivity index (χ2v) is 13.0. The van der Waals surface area contributed by atoms with Gasteiger partial charge in [0.05, 0.1) is 28.3 Å². The third kappa shape index (κ3) is 5.82. The molecular formula is C15H24N2O2SSi. The first-order valence-electron chi connectivity index (χ1n) is 6.71. The average molecular weight is 325 g/mol. The van der Waals surface area contributed by atoms with Crippen LogP contribution in [0.2, 0.25) is 19.6 Å². The Hall–Kier alpha value is -1.45. The summed E-state index contributed by atoms with van der Waals surface area (Å²) in [5, 5.41) is 3.23. The fraction of sp³-hybridized carbons (Fsp3) is 0.467. The van der Waals surface area contributed by atoms with Crippen molar-refractivity contribution in [1.29, 1.82) is 0 Å².